The first-order valence-corrected chi connectivity index (χ1v) is 12.7. The minimum Gasteiger partial charge on any atom is -0.315 e. The van der Waals surface area contributed by atoms with Gasteiger partial charge in [0.2, 0.25) is 0 Å². The topological polar surface area (TPSA) is 96.2 Å². The van der Waals surface area contributed by atoms with Gasteiger partial charge in [0.1, 0.15) is 0 Å². The van der Waals surface area contributed by atoms with E-state index >= 15 is 0 Å². The van der Waals surface area contributed by atoms with Crippen molar-refractivity contribution in [3.05, 3.63) is 34.4 Å². The molecule has 2 heterocycles. The minimum absolute atomic E-state index is 0.920. The lowest BCUT2D eigenvalue weighted by Crippen LogP contribution is -2.30. The minimum atomic E-state index is 0.920. The maximum atomic E-state index is 3.65. The van der Waals surface area contributed by atoms with Gasteiger partial charge in [-0.05, 0) is 61.3 Å². The molecular weight excluding hydrogens is 400 g/mol. The molecule has 0 atom stereocenters. The van der Waals surface area contributed by atoms with Crippen molar-refractivity contribution in [3.63, 3.8) is 0 Å². The number of nitrogens with one attached hydrogen (secondary N) is 8. The van der Waals surface area contributed by atoms with E-state index < -0.39 is 0 Å². The molecule has 8 N–H and O–H groups in total. The van der Waals surface area contributed by atoms with Gasteiger partial charge < -0.3 is 42.5 Å². The third kappa shape index (κ3) is 10.2. The highest BCUT2D eigenvalue weighted by Crippen LogP contribution is 2.18. The van der Waals surface area contributed by atoms with Crippen LogP contribution in [0, 0.1) is 0 Å². The summed E-state index contributed by atoms with van der Waals surface area (Å²) < 4.78 is 0. The van der Waals surface area contributed by atoms with Crippen LogP contribution < -0.4 is 42.5 Å². The van der Waals surface area contributed by atoms with Crippen molar-refractivity contribution in [1.29, 1.82) is 0 Å². The zero-order valence-electron chi connectivity index (χ0n) is 19.9. The van der Waals surface area contributed by atoms with Crippen LogP contribution in [-0.2, 0) is 26.2 Å². The van der Waals surface area contributed by atoms with Crippen molar-refractivity contribution in [2.45, 2.75) is 39.0 Å². The zero-order valence-corrected chi connectivity index (χ0v) is 19.9. The maximum absolute atomic E-state index is 3.65. The van der Waals surface area contributed by atoms with Gasteiger partial charge in [-0.25, -0.2) is 0 Å². The second-order valence-electron chi connectivity index (χ2n) is 8.80. The van der Waals surface area contributed by atoms with Crippen molar-refractivity contribution >= 4 is 0 Å². The van der Waals surface area contributed by atoms with Crippen molar-refractivity contribution in [2.24, 2.45) is 0 Å². The highest BCUT2D eigenvalue weighted by atomic mass is 15.0. The zero-order chi connectivity index (χ0) is 22.1. The van der Waals surface area contributed by atoms with Crippen molar-refractivity contribution in [3.8, 4) is 0 Å². The van der Waals surface area contributed by atoms with Crippen molar-refractivity contribution in [2.75, 3.05) is 78.5 Å². The van der Waals surface area contributed by atoms with Gasteiger partial charge >= 0.3 is 0 Å². The predicted molar refractivity (Wildman–Crippen MR) is 134 cm³/mol. The summed E-state index contributed by atoms with van der Waals surface area (Å²) in [5.74, 6) is 0. The summed E-state index contributed by atoms with van der Waals surface area (Å²) in [4.78, 5) is 0. The molecule has 32 heavy (non-hydrogen) atoms. The number of fused-ring (bicyclic) bond motifs is 2. The van der Waals surface area contributed by atoms with Crippen LogP contribution in [0.1, 0.15) is 35.1 Å². The lowest BCUT2D eigenvalue weighted by molar-refractivity contribution is 0.565. The molecule has 182 valence electrons. The van der Waals surface area contributed by atoms with Crippen LogP contribution in [0.15, 0.2) is 12.1 Å². The molecule has 0 radical (unpaired) electrons. The molecule has 1 aromatic carbocycles. The van der Waals surface area contributed by atoms with Crippen molar-refractivity contribution in [1.82, 2.24) is 42.5 Å². The summed E-state index contributed by atoms with van der Waals surface area (Å²) in [7, 11) is 0. The Bertz CT molecular complexity index is 524. The first kappa shape index (κ1) is 25.5. The van der Waals surface area contributed by atoms with Gasteiger partial charge in [-0.1, -0.05) is 12.1 Å². The van der Waals surface area contributed by atoms with E-state index in [9.17, 15) is 0 Å². The van der Waals surface area contributed by atoms with E-state index in [0.717, 1.165) is 105 Å². The Labute approximate surface area is 194 Å². The van der Waals surface area contributed by atoms with E-state index in [1.165, 1.54) is 35.1 Å². The number of hydrogen-bond donors (Lipinski definition) is 8. The lowest BCUT2D eigenvalue weighted by atomic mass is 9.97. The second-order valence-corrected chi connectivity index (χ2v) is 8.80. The fourth-order valence-electron chi connectivity index (χ4n) is 4.23. The van der Waals surface area contributed by atoms with E-state index in [1.807, 2.05) is 0 Å². The molecule has 0 aliphatic carbocycles. The standard InChI is InChI=1S/C24H46N8/c1-3-25-7-11-29-17-21-15-23-19-31-13-9-27-5-2-6-28-10-14-32-20-24(23)16-22(21)18-30-12-8-26-4-1/h15-16,25-32H,1-14,17-20H2. The Morgan fingerprint density at radius 1 is 0.312 bits per heavy atom. The summed E-state index contributed by atoms with van der Waals surface area (Å²) in [5, 5.41) is 28.7. The number of rotatable bonds is 0. The Morgan fingerprint density at radius 2 is 0.562 bits per heavy atom. The largest absolute Gasteiger partial charge is 0.315 e. The van der Waals surface area contributed by atoms with Crippen LogP contribution in [0.2, 0.25) is 0 Å². The van der Waals surface area contributed by atoms with Crippen LogP contribution in [0.5, 0.6) is 0 Å². The van der Waals surface area contributed by atoms with Crippen molar-refractivity contribution < 1.29 is 0 Å². The van der Waals surface area contributed by atoms with Gasteiger partial charge in [0, 0.05) is 78.5 Å². The molecule has 0 fully saturated rings. The summed E-state index contributed by atoms with van der Waals surface area (Å²) >= 11 is 0. The molecule has 0 bridgehead atoms. The average molecular weight is 447 g/mol. The molecule has 0 spiro atoms. The van der Waals surface area contributed by atoms with Gasteiger partial charge in [-0.15, -0.1) is 0 Å². The molecule has 0 unspecified atom stereocenters. The molecule has 0 saturated carbocycles. The van der Waals surface area contributed by atoms with Gasteiger partial charge in [0.15, 0.2) is 0 Å². The SMILES string of the molecule is c1c2c(cc3c1CNCCNCCCNCCNC3)CNCCNCCCNCCNC2. The lowest BCUT2D eigenvalue weighted by Gasteiger charge is -2.19. The van der Waals surface area contributed by atoms with E-state index in [1.54, 1.807) is 0 Å². The quantitative estimate of drug-likeness (QED) is 0.263. The third-order valence-corrected chi connectivity index (χ3v) is 6.11. The molecule has 8 heteroatoms. The van der Waals surface area contributed by atoms with Crippen LogP contribution in [-0.4, -0.2) is 78.5 Å². The summed E-state index contributed by atoms with van der Waals surface area (Å²) in [6.07, 6.45) is 2.36. The molecule has 1 aromatic rings. The molecule has 2 aliphatic heterocycles. The number of hydrogen-bond acceptors (Lipinski definition) is 8. The molecule has 8 nitrogen and oxygen atoms in total. The molecule has 2 aliphatic rings. The van der Waals surface area contributed by atoms with Gasteiger partial charge in [-0.2, -0.15) is 0 Å². The molecule has 0 saturated heterocycles. The van der Waals surface area contributed by atoms with Gasteiger partial charge in [-0.3, -0.25) is 0 Å². The van der Waals surface area contributed by atoms with Crippen LogP contribution in [0.4, 0.5) is 0 Å². The Morgan fingerprint density at radius 3 is 0.844 bits per heavy atom. The van der Waals surface area contributed by atoms with Crippen LogP contribution >= 0.6 is 0 Å². The maximum Gasteiger partial charge on any atom is 0.0209 e. The molecular formula is C24H46N8. The molecule has 0 aromatic heterocycles. The Balaban J connectivity index is 1.69. The molecule has 0 amide bonds. The first-order valence-electron chi connectivity index (χ1n) is 12.7. The fraction of sp³-hybridized carbons (Fsp3) is 0.750. The Kier molecular flexibility index (Phi) is 13.2. The smallest absolute Gasteiger partial charge is 0.0209 e. The van der Waals surface area contributed by atoms with Crippen LogP contribution in [0.25, 0.3) is 0 Å². The van der Waals surface area contributed by atoms with Gasteiger partial charge in [0.25, 0.3) is 0 Å². The normalized spacial score (nSPS) is 22.2. The Hall–Kier alpha value is -1.10. The summed E-state index contributed by atoms with van der Waals surface area (Å²) in [6.45, 7) is 16.1. The predicted octanol–water partition coefficient (Wildman–Crippen LogP) is -0.789. The van der Waals surface area contributed by atoms with Crippen LogP contribution in [0.3, 0.4) is 0 Å². The fourth-order valence-corrected chi connectivity index (χ4v) is 4.23. The third-order valence-electron chi connectivity index (χ3n) is 6.11. The van der Waals surface area contributed by atoms with E-state index in [4.69, 9.17) is 0 Å². The van der Waals surface area contributed by atoms with E-state index in [2.05, 4.69) is 54.7 Å². The monoisotopic (exact) mass is 446 g/mol. The second kappa shape index (κ2) is 16.5. The van der Waals surface area contributed by atoms with E-state index in [0.29, 0.717) is 0 Å². The van der Waals surface area contributed by atoms with E-state index in [-0.39, 0.29) is 0 Å². The van der Waals surface area contributed by atoms with Gasteiger partial charge in [0.05, 0.1) is 0 Å². The average Bonchev–Trinajstić information content (AvgIpc) is 2.82. The number of benzene rings is 1. The summed E-state index contributed by atoms with van der Waals surface area (Å²) in [6, 6.07) is 4.86. The highest BCUT2D eigenvalue weighted by Gasteiger charge is 2.11. The summed E-state index contributed by atoms with van der Waals surface area (Å²) in [5.41, 5.74) is 5.66. The molecule has 3 rings (SSSR count). The highest BCUT2D eigenvalue weighted by molar-refractivity contribution is 5.39. The first-order chi connectivity index (χ1) is 15.9.